The second-order valence-corrected chi connectivity index (χ2v) is 5.28. The summed E-state index contributed by atoms with van der Waals surface area (Å²) in [5.41, 5.74) is 0.971. The van der Waals surface area contributed by atoms with Gasteiger partial charge in [0.1, 0.15) is 0 Å². The van der Waals surface area contributed by atoms with Gasteiger partial charge >= 0.3 is 5.97 Å². The summed E-state index contributed by atoms with van der Waals surface area (Å²) in [6.07, 6.45) is 1.36. The molecule has 0 radical (unpaired) electrons. The Bertz CT molecular complexity index is 520. The van der Waals surface area contributed by atoms with Crippen LogP contribution in [-0.4, -0.2) is 17.9 Å². The van der Waals surface area contributed by atoms with E-state index in [4.69, 9.17) is 9.47 Å². The number of carboxylic acid groups (broad SMARTS) is 1. The maximum Gasteiger partial charge on any atom is 0.314 e. The standard InChI is InChI=1S/C12H11BrO4/c1-6-9(13)7(12(2-3-12)11(14)15)4-8-10(6)17-5-16-8/h4H,2-3,5H2,1H3,(H,14,15). The number of hydrogen-bond acceptors (Lipinski definition) is 3. The van der Waals surface area contributed by atoms with Crippen LogP contribution in [0, 0.1) is 6.92 Å². The van der Waals surface area contributed by atoms with Crippen LogP contribution >= 0.6 is 15.9 Å². The molecule has 17 heavy (non-hydrogen) atoms. The van der Waals surface area contributed by atoms with Crippen molar-refractivity contribution in [3.63, 3.8) is 0 Å². The number of rotatable bonds is 2. The lowest BCUT2D eigenvalue weighted by Crippen LogP contribution is -2.20. The number of carboxylic acids is 1. The molecule has 3 rings (SSSR count). The van der Waals surface area contributed by atoms with E-state index in [2.05, 4.69) is 15.9 Å². The average Bonchev–Trinajstić information content (AvgIpc) is 2.97. The molecule has 1 heterocycles. The predicted molar refractivity (Wildman–Crippen MR) is 63.5 cm³/mol. The van der Waals surface area contributed by atoms with E-state index in [9.17, 15) is 9.90 Å². The minimum Gasteiger partial charge on any atom is -0.481 e. The molecule has 2 aliphatic rings. The lowest BCUT2D eigenvalue weighted by molar-refractivity contribution is -0.140. The fourth-order valence-electron chi connectivity index (χ4n) is 2.26. The van der Waals surface area contributed by atoms with E-state index >= 15 is 0 Å². The lowest BCUT2D eigenvalue weighted by atomic mass is 9.94. The van der Waals surface area contributed by atoms with Crippen molar-refractivity contribution in [1.82, 2.24) is 0 Å². The van der Waals surface area contributed by atoms with E-state index in [1.807, 2.05) is 6.92 Å². The molecule has 1 aliphatic heterocycles. The number of fused-ring (bicyclic) bond motifs is 1. The predicted octanol–water partition coefficient (Wildman–Crippen LogP) is 2.60. The average molecular weight is 299 g/mol. The zero-order valence-electron chi connectivity index (χ0n) is 9.25. The number of halogens is 1. The molecule has 0 unspecified atom stereocenters. The minimum absolute atomic E-state index is 0.201. The molecule has 4 nitrogen and oxygen atoms in total. The molecule has 0 atom stereocenters. The number of benzene rings is 1. The SMILES string of the molecule is Cc1c(Br)c(C2(C(=O)O)CC2)cc2c1OCO2. The third kappa shape index (κ3) is 1.38. The van der Waals surface area contributed by atoms with Gasteiger partial charge in [0.25, 0.3) is 0 Å². The Morgan fingerprint density at radius 2 is 2.18 bits per heavy atom. The summed E-state index contributed by atoms with van der Waals surface area (Å²) in [5, 5.41) is 9.33. The zero-order chi connectivity index (χ0) is 12.2. The number of hydrogen-bond donors (Lipinski definition) is 1. The normalized spacial score (nSPS) is 19.2. The van der Waals surface area contributed by atoms with E-state index in [0.29, 0.717) is 24.3 Å². The van der Waals surface area contributed by atoms with Gasteiger partial charge in [0, 0.05) is 10.0 Å². The third-order valence-corrected chi connectivity index (χ3v) is 4.52. The van der Waals surface area contributed by atoms with E-state index in [-0.39, 0.29) is 6.79 Å². The molecular formula is C12H11BrO4. The Hall–Kier alpha value is -1.23. The van der Waals surface area contributed by atoms with Crippen LogP contribution in [0.2, 0.25) is 0 Å². The monoisotopic (exact) mass is 298 g/mol. The van der Waals surface area contributed by atoms with Gasteiger partial charge in [-0.25, -0.2) is 0 Å². The molecule has 0 spiro atoms. The maximum absolute atomic E-state index is 11.4. The van der Waals surface area contributed by atoms with Crippen LogP contribution < -0.4 is 9.47 Å². The molecule has 1 N–H and O–H groups in total. The van der Waals surface area contributed by atoms with Gasteiger partial charge in [0.15, 0.2) is 11.5 Å². The molecular weight excluding hydrogens is 288 g/mol. The Morgan fingerprint density at radius 1 is 1.47 bits per heavy atom. The van der Waals surface area contributed by atoms with Crippen molar-refractivity contribution in [2.24, 2.45) is 0 Å². The number of ether oxygens (including phenoxy) is 2. The van der Waals surface area contributed by atoms with Gasteiger partial charge in [-0.15, -0.1) is 0 Å². The summed E-state index contributed by atoms with van der Waals surface area (Å²) in [7, 11) is 0. The molecule has 1 aromatic carbocycles. The second kappa shape index (κ2) is 3.38. The van der Waals surface area contributed by atoms with E-state index < -0.39 is 11.4 Å². The summed E-state index contributed by atoms with van der Waals surface area (Å²) in [6, 6.07) is 1.79. The van der Waals surface area contributed by atoms with E-state index in [0.717, 1.165) is 15.6 Å². The van der Waals surface area contributed by atoms with Gasteiger partial charge in [0.05, 0.1) is 5.41 Å². The Labute approximate surface area is 107 Å². The van der Waals surface area contributed by atoms with Gasteiger partial charge in [-0.3, -0.25) is 4.79 Å². The molecule has 90 valence electrons. The summed E-state index contributed by atoms with van der Waals surface area (Å²) in [6.45, 7) is 2.10. The fraction of sp³-hybridized carbons (Fsp3) is 0.417. The van der Waals surface area contributed by atoms with Crippen LogP contribution in [0.15, 0.2) is 10.5 Å². The van der Waals surface area contributed by atoms with Gasteiger partial charge in [0.2, 0.25) is 6.79 Å². The fourth-order valence-corrected chi connectivity index (χ4v) is 2.93. The largest absolute Gasteiger partial charge is 0.481 e. The summed E-state index contributed by atoms with van der Waals surface area (Å²) >= 11 is 3.48. The van der Waals surface area contributed by atoms with Crippen molar-refractivity contribution in [3.05, 3.63) is 21.7 Å². The van der Waals surface area contributed by atoms with Crippen molar-refractivity contribution in [2.75, 3.05) is 6.79 Å². The molecule has 1 saturated carbocycles. The summed E-state index contributed by atoms with van der Waals surface area (Å²) < 4.78 is 11.5. The molecule has 1 fully saturated rings. The van der Waals surface area contributed by atoms with Gasteiger partial charge in [-0.05, 0) is 31.4 Å². The highest BCUT2D eigenvalue weighted by Crippen LogP contribution is 2.54. The van der Waals surface area contributed by atoms with Crippen LogP contribution in [-0.2, 0) is 10.2 Å². The highest BCUT2D eigenvalue weighted by molar-refractivity contribution is 9.10. The van der Waals surface area contributed by atoms with Crippen LogP contribution in [0.3, 0.4) is 0 Å². The summed E-state index contributed by atoms with van der Waals surface area (Å²) in [4.78, 5) is 11.4. The van der Waals surface area contributed by atoms with E-state index in [1.165, 1.54) is 0 Å². The highest BCUT2D eigenvalue weighted by atomic mass is 79.9. The van der Waals surface area contributed by atoms with Gasteiger partial charge in [-0.2, -0.15) is 0 Å². The molecule has 0 aromatic heterocycles. The van der Waals surface area contributed by atoms with Crippen molar-refractivity contribution in [2.45, 2.75) is 25.2 Å². The van der Waals surface area contributed by atoms with E-state index in [1.54, 1.807) is 6.07 Å². The molecule has 5 heteroatoms. The van der Waals surface area contributed by atoms with Gasteiger partial charge in [-0.1, -0.05) is 15.9 Å². The van der Waals surface area contributed by atoms with Gasteiger partial charge < -0.3 is 14.6 Å². The second-order valence-electron chi connectivity index (χ2n) is 4.48. The van der Waals surface area contributed by atoms with Crippen LogP contribution in [0.25, 0.3) is 0 Å². The Balaban J connectivity index is 2.19. The lowest BCUT2D eigenvalue weighted by Gasteiger charge is -2.15. The topological polar surface area (TPSA) is 55.8 Å². The number of carbonyl (C=O) groups is 1. The molecule has 0 amide bonds. The van der Waals surface area contributed by atoms with Crippen LogP contribution in [0.4, 0.5) is 0 Å². The first kappa shape index (κ1) is 10.9. The quantitative estimate of drug-likeness (QED) is 0.912. The van der Waals surface area contributed by atoms with Crippen LogP contribution in [0.1, 0.15) is 24.0 Å². The maximum atomic E-state index is 11.4. The highest BCUT2D eigenvalue weighted by Gasteiger charge is 2.53. The first-order chi connectivity index (χ1) is 8.06. The van der Waals surface area contributed by atoms with Crippen molar-refractivity contribution < 1.29 is 19.4 Å². The minimum atomic E-state index is -0.767. The summed E-state index contributed by atoms with van der Waals surface area (Å²) in [5.74, 6) is 0.589. The zero-order valence-corrected chi connectivity index (χ0v) is 10.8. The van der Waals surface area contributed by atoms with Crippen LogP contribution in [0.5, 0.6) is 11.5 Å². The molecule has 1 aliphatic carbocycles. The van der Waals surface area contributed by atoms with Crippen molar-refractivity contribution >= 4 is 21.9 Å². The first-order valence-electron chi connectivity index (χ1n) is 5.39. The van der Waals surface area contributed by atoms with Crippen molar-refractivity contribution in [1.29, 1.82) is 0 Å². The molecule has 0 bridgehead atoms. The van der Waals surface area contributed by atoms with Crippen molar-refractivity contribution in [3.8, 4) is 11.5 Å². The Morgan fingerprint density at radius 3 is 2.76 bits per heavy atom. The Kier molecular flexibility index (Phi) is 2.17. The third-order valence-electron chi connectivity index (χ3n) is 3.50. The first-order valence-corrected chi connectivity index (χ1v) is 6.18. The molecule has 1 aromatic rings. The smallest absolute Gasteiger partial charge is 0.314 e. The number of aliphatic carboxylic acids is 1. The molecule has 0 saturated heterocycles.